The van der Waals surface area contributed by atoms with Crippen LogP contribution in [-0.2, 0) is 0 Å². The minimum absolute atomic E-state index is 0.530. The quantitative estimate of drug-likeness (QED) is 0.103. The average Bonchev–Trinajstić information content (AvgIpc) is 0.748. The number of hydrogen-bond acceptors (Lipinski definition) is 19. The van der Waals surface area contributed by atoms with Crippen LogP contribution < -0.4 is 0 Å². The number of hydrogen-bond donors (Lipinski definition) is 0. The van der Waals surface area contributed by atoms with Crippen LogP contribution in [0.4, 0.5) is 0 Å². The van der Waals surface area contributed by atoms with Gasteiger partial charge in [-0.15, -0.1) is 0 Å². The number of pyridine rings is 10. The van der Waals surface area contributed by atoms with E-state index in [1.807, 2.05) is 109 Å². The van der Waals surface area contributed by atoms with E-state index in [-0.39, 0.29) is 0 Å². The molecule has 24 rings (SSSR count). The van der Waals surface area contributed by atoms with Crippen LogP contribution in [0.5, 0.6) is 0 Å². The van der Waals surface area contributed by atoms with E-state index in [1.54, 1.807) is 62.0 Å². The third-order valence-electron chi connectivity index (χ3n) is 22.8. The molecule has 128 heavy (non-hydrogen) atoms. The number of benzene rings is 11. The van der Waals surface area contributed by atoms with Gasteiger partial charge in [0.1, 0.15) is 0 Å². The summed E-state index contributed by atoms with van der Waals surface area (Å²) in [4.78, 5) is 90.4. The molecule has 24 aromatic rings. The molecule has 0 radical (unpaired) electrons. The molecule has 600 valence electrons. The molecular weight excluding hydrogens is 1580 g/mol. The maximum atomic E-state index is 5.15. The maximum Gasteiger partial charge on any atom is 0.165 e. The van der Waals surface area contributed by atoms with Crippen molar-refractivity contribution in [3.63, 3.8) is 0 Å². The van der Waals surface area contributed by atoms with Crippen molar-refractivity contribution < 1.29 is 0 Å². The van der Waals surface area contributed by atoms with Crippen LogP contribution in [0, 0.1) is 13.8 Å². The van der Waals surface area contributed by atoms with Crippen LogP contribution in [0.1, 0.15) is 11.1 Å². The predicted molar refractivity (Wildman–Crippen MR) is 510 cm³/mol. The topological polar surface area (TPSA) is 245 Å². The lowest BCUT2D eigenvalue weighted by atomic mass is 9.96. The van der Waals surface area contributed by atoms with E-state index in [9.17, 15) is 0 Å². The average molecular weight is 1640 g/mol. The second kappa shape index (κ2) is 33.3. The molecular formula is C109H69N19. The van der Waals surface area contributed by atoms with Crippen LogP contribution in [0.2, 0.25) is 0 Å². The van der Waals surface area contributed by atoms with Gasteiger partial charge in [-0.25, -0.2) is 59.8 Å². The Bertz CT molecular complexity index is 7860. The zero-order valence-corrected chi connectivity index (χ0v) is 68.9. The summed E-state index contributed by atoms with van der Waals surface area (Å²) >= 11 is 0. The zero-order valence-electron chi connectivity index (χ0n) is 68.9. The Kier molecular flexibility index (Phi) is 19.9. The van der Waals surface area contributed by atoms with Crippen molar-refractivity contribution in [3.05, 3.63) is 395 Å². The molecule has 0 aliphatic carbocycles. The fraction of sp³-hybridized carbons (Fsp3) is 0.0183. The van der Waals surface area contributed by atoms with Crippen molar-refractivity contribution in [2.45, 2.75) is 13.8 Å². The van der Waals surface area contributed by atoms with Crippen LogP contribution in [0.25, 0.3) is 234 Å². The molecule has 0 saturated heterocycles. The number of aromatic nitrogens is 19. The van der Waals surface area contributed by atoms with Crippen LogP contribution in [-0.4, -0.2) is 94.7 Å². The first kappa shape index (κ1) is 76.4. The molecule has 0 bridgehead atoms. The summed E-state index contributed by atoms with van der Waals surface area (Å²) in [7, 11) is 0. The third-order valence-corrected chi connectivity index (χ3v) is 22.8. The number of aryl methyl sites for hydroxylation is 2. The number of rotatable bonds is 12. The van der Waals surface area contributed by atoms with E-state index in [0.717, 1.165) is 133 Å². The van der Waals surface area contributed by atoms with Gasteiger partial charge in [0.2, 0.25) is 0 Å². The first-order valence-electron chi connectivity index (χ1n) is 41.8. The van der Waals surface area contributed by atoms with Gasteiger partial charge in [-0.05, 0) is 149 Å². The van der Waals surface area contributed by atoms with Gasteiger partial charge in [-0.1, -0.05) is 223 Å². The lowest BCUT2D eigenvalue weighted by Gasteiger charge is -2.13. The van der Waals surface area contributed by atoms with Gasteiger partial charge in [0, 0.05) is 167 Å². The molecule has 0 aliphatic heterocycles. The summed E-state index contributed by atoms with van der Waals surface area (Å²) in [5.41, 5.74) is 17.5. The van der Waals surface area contributed by atoms with Crippen molar-refractivity contribution in [1.82, 2.24) is 94.7 Å². The van der Waals surface area contributed by atoms with Gasteiger partial charge in [0.25, 0.3) is 0 Å². The molecule has 13 heterocycles. The fourth-order valence-electron chi connectivity index (χ4n) is 16.5. The van der Waals surface area contributed by atoms with E-state index in [4.69, 9.17) is 74.8 Å². The normalized spacial score (nSPS) is 11.4. The number of nitrogens with zero attached hydrogens (tertiary/aromatic N) is 19. The van der Waals surface area contributed by atoms with Gasteiger partial charge < -0.3 is 0 Å². The number of fused-ring (bicyclic) bond motifs is 15. The molecule has 0 N–H and O–H groups in total. The van der Waals surface area contributed by atoms with Gasteiger partial charge in [0.05, 0.1) is 50.7 Å². The van der Waals surface area contributed by atoms with Crippen LogP contribution in [0.3, 0.4) is 0 Å². The van der Waals surface area contributed by atoms with Crippen molar-refractivity contribution in [2.24, 2.45) is 0 Å². The molecule has 11 aromatic carbocycles. The second-order valence-corrected chi connectivity index (χ2v) is 31.0. The zero-order chi connectivity index (χ0) is 85.4. The lowest BCUT2D eigenvalue weighted by Crippen LogP contribution is -2.01. The van der Waals surface area contributed by atoms with Crippen LogP contribution >= 0.6 is 0 Å². The Labute approximate surface area is 732 Å². The summed E-state index contributed by atoms with van der Waals surface area (Å²) in [5.74, 6) is 5.11. The summed E-state index contributed by atoms with van der Waals surface area (Å²) in [6.45, 7) is 4.15. The Balaban J connectivity index is 0.000000113. The molecule has 0 spiro atoms. The number of para-hydroxylation sites is 3. The summed E-state index contributed by atoms with van der Waals surface area (Å²) in [6.07, 6.45) is 19.3. The van der Waals surface area contributed by atoms with E-state index in [0.29, 0.717) is 52.4 Å². The van der Waals surface area contributed by atoms with Crippen LogP contribution in [0.15, 0.2) is 384 Å². The van der Waals surface area contributed by atoms with Crippen molar-refractivity contribution in [3.8, 4) is 137 Å². The van der Waals surface area contributed by atoms with E-state index in [1.165, 1.54) is 59.6 Å². The highest BCUT2D eigenvalue weighted by atomic mass is 15.1. The third kappa shape index (κ3) is 14.9. The summed E-state index contributed by atoms with van der Waals surface area (Å²) < 4.78 is 0. The molecule has 0 aliphatic rings. The summed E-state index contributed by atoms with van der Waals surface area (Å²) in [6, 6.07) is 107. The molecule has 13 aromatic heterocycles. The SMILES string of the molecule is Cc1ccc(-c2nc(-c3ccc(C)cc3)nc(-c3ccnc(-c4nc5ccccc5c5c4ccc4ccccc45)c3)n2)cc1.c1ccc2c(c1)ccc1c(-c3cc(-c4nc(-c5ccncc5)nc(-c5ccncc5)n4)ccn3)nc3ccccc3c12.c1cncc(-c2nc(-c3cccnc3)nc(-c3ccnc(-c4nc5ccccc5c5c4ccc4ccccc45)c3)n2)c1. The first-order chi connectivity index (χ1) is 63.2. The fourth-order valence-corrected chi connectivity index (χ4v) is 16.5. The smallest absolute Gasteiger partial charge is 0.165 e. The minimum Gasteiger partial charge on any atom is -0.265 e. The molecule has 0 unspecified atom stereocenters. The Morgan fingerprint density at radius 2 is 0.438 bits per heavy atom. The van der Waals surface area contributed by atoms with Crippen molar-refractivity contribution in [2.75, 3.05) is 0 Å². The highest BCUT2D eigenvalue weighted by Crippen LogP contribution is 2.43. The summed E-state index contributed by atoms with van der Waals surface area (Å²) in [5, 5.41) is 17.2. The highest BCUT2D eigenvalue weighted by Gasteiger charge is 2.23. The molecule has 19 heteroatoms. The Morgan fingerprint density at radius 1 is 0.172 bits per heavy atom. The van der Waals surface area contributed by atoms with Gasteiger partial charge in [-0.3, -0.25) is 34.9 Å². The van der Waals surface area contributed by atoms with E-state index < -0.39 is 0 Å². The monoisotopic (exact) mass is 1640 g/mol. The van der Waals surface area contributed by atoms with E-state index in [2.05, 4.69) is 246 Å². The highest BCUT2D eigenvalue weighted by molar-refractivity contribution is 6.25. The van der Waals surface area contributed by atoms with Gasteiger partial charge in [0.15, 0.2) is 52.4 Å². The molecule has 0 saturated carbocycles. The molecule has 0 fully saturated rings. The van der Waals surface area contributed by atoms with Gasteiger partial charge >= 0.3 is 0 Å². The largest absolute Gasteiger partial charge is 0.265 e. The Morgan fingerprint density at radius 3 is 0.742 bits per heavy atom. The van der Waals surface area contributed by atoms with Crippen molar-refractivity contribution >= 4 is 97.3 Å². The first-order valence-corrected chi connectivity index (χ1v) is 41.8. The van der Waals surface area contributed by atoms with E-state index >= 15 is 0 Å². The predicted octanol–water partition coefficient (Wildman–Crippen LogP) is 24.6. The van der Waals surface area contributed by atoms with Gasteiger partial charge in [-0.2, -0.15) is 0 Å². The van der Waals surface area contributed by atoms with Crippen molar-refractivity contribution in [1.29, 1.82) is 0 Å². The standard InChI is InChI=1S/C39H27N5.2C35H21N7/c1-24-11-15-27(16-12-24)37-42-38(28-17-13-25(2)14-18-28)44-39(43-37)29-21-22-40-34(23-29)36-32-20-19-26-7-3-4-8-30(26)35(32)31-9-5-6-10-33(31)41-36;1-2-10-26-22(7-1)13-14-28-31(26)27-11-3-4-12-29(27)39-32(28)30-19-23(15-18-38-30)33-40-34(24-8-5-16-36-20-24)42-35(41-33)25-9-6-17-37-21-25;1-2-6-26-22(5-1)9-10-28-31(26)27-7-3-4-8-29(27)39-32(28)30-21-25(15-20-38-30)35-41-33(23-11-16-36-17-12-23)40-34(42-35)24-13-18-37-19-14-24/h3-23H,1-2H3;2*1-21H. The maximum absolute atomic E-state index is 5.15. The Hall–Kier alpha value is -17.7. The molecule has 0 atom stereocenters. The molecule has 0 amide bonds. The molecule has 19 nitrogen and oxygen atoms in total. The second-order valence-electron chi connectivity index (χ2n) is 31.0. The lowest BCUT2D eigenvalue weighted by molar-refractivity contribution is 1.06. The minimum atomic E-state index is 0.530.